The molecule has 1 heterocycles. The summed E-state index contributed by atoms with van der Waals surface area (Å²) in [5.74, 6) is 0.275. The molecule has 0 spiro atoms. The number of carbonyl (C=O) groups is 2. The number of anilines is 1. The summed E-state index contributed by atoms with van der Waals surface area (Å²) < 4.78 is 13.1. The van der Waals surface area contributed by atoms with Crippen LogP contribution in [0.25, 0.3) is 11.0 Å². The largest absolute Gasteiger partial charge is 0.495 e. The Morgan fingerprint density at radius 1 is 0.974 bits per heavy atom. The highest BCUT2D eigenvalue weighted by molar-refractivity contribution is 6.03. The maximum atomic E-state index is 14.3. The van der Waals surface area contributed by atoms with Crippen molar-refractivity contribution in [3.63, 3.8) is 0 Å². The topological polar surface area (TPSA) is 98.6 Å². The Bertz CT molecular complexity index is 1450. The second kappa shape index (κ2) is 12.0. The molecule has 0 bridgehead atoms. The normalized spacial score (nSPS) is 12.1. The van der Waals surface area contributed by atoms with Crippen LogP contribution in [0.15, 0.2) is 72.8 Å². The highest BCUT2D eigenvalue weighted by Crippen LogP contribution is 2.38. The molecule has 2 amide bonds. The van der Waals surface area contributed by atoms with Gasteiger partial charge >= 0.3 is 0 Å². The lowest BCUT2D eigenvalue weighted by Gasteiger charge is -2.35. The number of nitrogens with zero attached hydrogens (tertiary/aromatic N) is 4. The van der Waals surface area contributed by atoms with Crippen molar-refractivity contribution in [3.05, 3.63) is 78.4 Å². The van der Waals surface area contributed by atoms with Crippen molar-refractivity contribution >= 4 is 28.5 Å². The Balaban J connectivity index is 1.90. The SMILES string of the molecule is CCOc1ccccc1C(C(=O)NC(C)(C)CC)N(C(=O)Cn1nnc2ccccc21)c1ccccc1OC. The van der Waals surface area contributed by atoms with E-state index in [-0.39, 0.29) is 18.4 Å². The Morgan fingerprint density at radius 3 is 2.36 bits per heavy atom. The zero-order chi connectivity index (χ0) is 28.0. The number of ether oxygens (including phenoxy) is 2. The number of hydrogen-bond donors (Lipinski definition) is 1. The Morgan fingerprint density at radius 2 is 1.64 bits per heavy atom. The number of benzene rings is 3. The van der Waals surface area contributed by atoms with Crippen molar-refractivity contribution in [2.75, 3.05) is 18.6 Å². The van der Waals surface area contributed by atoms with Crippen LogP contribution in [0.2, 0.25) is 0 Å². The molecule has 1 N–H and O–H groups in total. The molecule has 9 nitrogen and oxygen atoms in total. The van der Waals surface area contributed by atoms with Crippen molar-refractivity contribution in [2.24, 2.45) is 0 Å². The lowest BCUT2D eigenvalue weighted by atomic mass is 9.97. The number of para-hydroxylation sites is 4. The van der Waals surface area contributed by atoms with E-state index in [9.17, 15) is 9.59 Å². The van der Waals surface area contributed by atoms with Crippen molar-refractivity contribution in [3.8, 4) is 11.5 Å². The van der Waals surface area contributed by atoms with Gasteiger partial charge in [-0.3, -0.25) is 14.5 Å². The molecule has 4 aromatic rings. The fourth-order valence-electron chi connectivity index (χ4n) is 4.37. The van der Waals surface area contributed by atoms with Gasteiger partial charge in [0.15, 0.2) is 0 Å². The third kappa shape index (κ3) is 6.03. The third-order valence-corrected chi connectivity index (χ3v) is 6.68. The molecule has 1 unspecified atom stereocenters. The van der Waals surface area contributed by atoms with Gasteiger partial charge in [0.25, 0.3) is 0 Å². The van der Waals surface area contributed by atoms with E-state index in [1.807, 2.05) is 82.3 Å². The first kappa shape index (κ1) is 27.6. The van der Waals surface area contributed by atoms with E-state index < -0.39 is 11.6 Å². The molecule has 0 aliphatic rings. The smallest absolute Gasteiger partial charge is 0.249 e. The first-order valence-corrected chi connectivity index (χ1v) is 13.1. The van der Waals surface area contributed by atoms with Crippen molar-refractivity contribution in [2.45, 2.75) is 52.2 Å². The fourth-order valence-corrected chi connectivity index (χ4v) is 4.37. The quantitative estimate of drug-likeness (QED) is 0.296. The summed E-state index contributed by atoms with van der Waals surface area (Å²) in [4.78, 5) is 30.0. The molecule has 204 valence electrons. The van der Waals surface area contributed by atoms with E-state index in [0.29, 0.717) is 46.8 Å². The van der Waals surface area contributed by atoms with Crippen LogP contribution in [0.4, 0.5) is 5.69 Å². The molecule has 0 fully saturated rings. The molecule has 0 saturated carbocycles. The minimum absolute atomic E-state index is 0.143. The van der Waals surface area contributed by atoms with Gasteiger partial charge in [-0.05, 0) is 57.5 Å². The molecule has 39 heavy (non-hydrogen) atoms. The molecule has 0 aliphatic heterocycles. The number of amides is 2. The molecule has 3 aromatic carbocycles. The predicted octanol–water partition coefficient (Wildman–Crippen LogP) is 4.92. The van der Waals surface area contributed by atoms with Crippen molar-refractivity contribution in [1.29, 1.82) is 0 Å². The molecule has 9 heteroatoms. The first-order chi connectivity index (χ1) is 18.8. The van der Waals surface area contributed by atoms with E-state index in [0.717, 1.165) is 0 Å². The molecule has 1 aromatic heterocycles. The molecular formula is C30H35N5O4. The van der Waals surface area contributed by atoms with Crippen LogP contribution in [0.5, 0.6) is 11.5 Å². The van der Waals surface area contributed by atoms with Gasteiger partial charge in [0, 0.05) is 11.1 Å². The molecule has 1 atom stereocenters. The van der Waals surface area contributed by atoms with Gasteiger partial charge in [-0.2, -0.15) is 0 Å². The van der Waals surface area contributed by atoms with Crippen LogP contribution in [0.1, 0.15) is 45.7 Å². The number of aromatic nitrogens is 3. The van der Waals surface area contributed by atoms with E-state index in [2.05, 4.69) is 15.6 Å². The highest BCUT2D eigenvalue weighted by Gasteiger charge is 2.38. The van der Waals surface area contributed by atoms with E-state index in [4.69, 9.17) is 9.47 Å². The minimum Gasteiger partial charge on any atom is -0.495 e. The van der Waals surface area contributed by atoms with Crippen LogP contribution >= 0.6 is 0 Å². The van der Waals surface area contributed by atoms with Crippen LogP contribution in [0.3, 0.4) is 0 Å². The van der Waals surface area contributed by atoms with Crippen LogP contribution in [-0.2, 0) is 16.1 Å². The van der Waals surface area contributed by atoms with Crippen molar-refractivity contribution < 1.29 is 19.1 Å². The van der Waals surface area contributed by atoms with Gasteiger partial charge in [0.2, 0.25) is 11.8 Å². The summed E-state index contributed by atoms with van der Waals surface area (Å²) in [6.07, 6.45) is 0.701. The second-order valence-corrected chi connectivity index (χ2v) is 9.77. The number of fused-ring (bicyclic) bond motifs is 1. The predicted molar refractivity (Wildman–Crippen MR) is 151 cm³/mol. The van der Waals surface area contributed by atoms with Crippen LogP contribution in [-0.4, -0.2) is 46.1 Å². The number of rotatable bonds is 11. The van der Waals surface area contributed by atoms with Crippen molar-refractivity contribution in [1.82, 2.24) is 20.3 Å². The Kier molecular flexibility index (Phi) is 8.49. The molecular weight excluding hydrogens is 494 g/mol. The first-order valence-electron chi connectivity index (χ1n) is 13.1. The molecule has 4 rings (SSSR count). The lowest BCUT2D eigenvalue weighted by Crippen LogP contribution is -2.51. The van der Waals surface area contributed by atoms with Crippen LogP contribution < -0.4 is 19.7 Å². The standard InChI is InChI=1S/C30H35N5O4/c1-6-30(3,4)31-29(37)28(21-14-8-12-18-25(21)39-7-2)35(24-17-11-13-19-26(24)38-5)27(36)20-34-23-16-10-9-15-22(23)32-33-34/h8-19,28H,6-7,20H2,1-5H3,(H,31,37). The number of methoxy groups -OCH3 is 1. The summed E-state index contributed by atoms with van der Waals surface area (Å²) in [6.45, 7) is 8.05. The number of nitrogens with one attached hydrogen (secondary N) is 1. The molecule has 0 radical (unpaired) electrons. The summed E-state index contributed by atoms with van der Waals surface area (Å²) in [5, 5.41) is 11.5. The summed E-state index contributed by atoms with van der Waals surface area (Å²) in [7, 11) is 1.54. The van der Waals surface area contributed by atoms with Crippen LogP contribution in [0, 0.1) is 0 Å². The monoisotopic (exact) mass is 529 g/mol. The second-order valence-electron chi connectivity index (χ2n) is 9.77. The molecule has 0 aliphatic carbocycles. The zero-order valence-corrected chi connectivity index (χ0v) is 23.0. The summed E-state index contributed by atoms with van der Waals surface area (Å²) >= 11 is 0. The lowest BCUT2D eigenvalue weighted by molar-refractivity contribution is -0.128. The van der Waals surface area contributed by atoms with E-state index >= 15 is 0 Å². The average Bonchev–Trinajstić information content (AvgIpc) is 3.34. The Labute approximate surface area is 228 Å². The number of hydrogen-bond acceptors (Lipinski definition) is 6. The van der Waals surface area contributed by atoms with E-state index in [1.165, 1.54) is 12.0 Å². The van der Waals surface area contributed by atoms with E-state index in [1.54, 1.807) is 22.9 Å². The maximum Gasteiger partial charge on any atom is 0.249 e. The van der Waals surface area contributed by atoms with Gasteiger partial charge in [0.1, 0.15) is 29.6 Å². The van der Waals surface area contributed by atoms with Gasteiger partial charge < -0.3 is 14.8 Å². The summed E-state index contributed by atoms with van der Waals surface area (Å²) in [5.41, 5.74) is 1.90. The highest BCUT2D eigenvalue weighted by atomic mass is 16.5. The van der Waals surface area contributed by atoms with Gasteiger partial charge in [-0.15, -0.1) is 5.10 Å². The summed E-state index contributed by atoms with van der Waals surface area (Å²) in [6, 6.07) is 20.8. The maximum absolute atomic E-state index is 14.3. The molecule has 0 saturated heterocycles. The zero-order valence-electron chi connectivity index (χ0n) is 23.0. The number of carbonyl (C=O) groups excluding carboxylic acids is 2. The average molecular weight is 530 g/mol. The van der Waals surface area contributed by atoms with Gasteiger partial charge in [-0.25, -0.2) is 4.68 Å². The minimum atomic E-state index is -1.06. The Hall–Kier alpha value is -4.40. The van der Waals surface area contributed by atoms with Gasteiger partial charge in [-0.1, -0.05) is 54.6 Å². The fraction of sp³-hybridized carbons (Fsp3) is 0.333. The third-order valence-electron chi connectivity index (χ3n) is 6.68. The van der Waals surface area contributed by atoms with Gasteiger partial charge in [0.05, 0.1) is 24.9 Å².